The Kier molecular flexibility index (Phi) is 4.74. The third kappa shape index (κ3) is 2.84. The van der Waals surface area contributed by atoms with Crippen molar-refractivity contribution in [1.29, 1.82) is 0 Å². The van der Waals surface area contributed by atoms with E-state index in [2.05, 4.69) is 25.0 Å². The molecule has 0 amide bonds. The second-order valence-corrected chi connectivity index (χ2v) is 5.11. The smallest absolute Gasteiger partial charge is 0.167 e. The molecule has 2 aromatic rings. The Morgan fingerprint density at radius 2 is 2.29 bits per heavy atom. The number of aromatic nitrogens is 4. The van der Waals surface area contributed by atoms with Gasteiger partial charge >= 0.3 is 0 Å². The molecule has 0 spiro atoms. The largest absolute Gasteiger partial charge is 0.394 e. The Morgan fingerprint density at radius 3 is 3.04 bits per heavy atom. The molecule has 0 bridgehead atoms. The van der Waals surface area contributed by atoms with Crippen molar-refractivity contribution in [2.45, 2.75) is 24.5 Å². The molecule has 0 aromatic carbocycles. The Morgan fingerprint density at radius 1 is 1.46 bits per heavy atom. The van der Waals surface area contributed by atoms with Crippen molar-refractivity contribution < 1.29 is 19.7 Å². The van der Waals surface area contributed by atoms with Gasteiger partial charge in [-0.2, -0.15) is 0 Å². The van der Waals surface area contributed by atoms with Crippen LogP contribution in [0.2, 0.25) is 0 Å². The monoisotopic (exact) mass is 336 g/mol. The molecule has 3 rings (SSSR count). The highest BCUT2D eigenvalue weighted by Gasteiger charge is 2.45. The van der Waals surface area contributed by atoms with Crippen LogP contribution in [0.25, 0.3) is 21.6 Å². The molecule has 24 heavy (non-hydrogen) atoms. The summed E-state index contributed by atoms with van der Waals surface area (Å²) in [6.07, 6.45) is -0.718. The number of hydrogen-bond acceptors (Lipinski definition) is 9. The zero-order chi connectivity index (χ0) is 17.1. The Balaban J connectivity index is 1.90. The van der Waals surface area contributed by atoms with E-state index < -0.39 is 24.5 Å². The molecule has 0 saturated carbocycles. The number of fused-ring (bicyclic) bond motifs is 1. The third-order valence-corrected chi connectivity index (χ3v) is 3.72. The first-order chi connectivity index (χ1) is 11.7. The molecule has 128 valence electrons. The zero-order valence-electron chi connectivity index (χ0n) is 12.5. The first-order valence-electron chi connectivity index (χ1n) is 7.17. The number of aliphatic hydroxyl groups is 2. The number of ether oxygens (including phenoxy) is 2. The molecule has 12 heteroatoms. The molecule has 1 fully saturated rings. The zero-order valence-corrected chi connectivity index (χ0v) is 12.5. The van der Waals surface area contributed by atoms with Gasteiger partial charge in [0, 0.05) is 11.5 Å². The van der Waals surface area contributed by atoms with Gasteiger partial charge in [0.15, 0.2) is 17.7 Å². The van der Waals surface area contributed by atoms with Gasteiger partial charge in [-0.1, -0.05) is 5.11 Å². The van der Waals surface area contributed by atoms with Gasteiger partial charge in [0.2, 0.25) is 0 Å². The van der Waals surface area contributed by atoms with Gasteiger partial charge in [0.05, 0.1) is 19.5 Å². The Hall–Kier alpha value is -2.50. The number of nitrogens with two attached hydrogens (primary N) is 1. The molecule has 0 radical (unpaired) electrons. The van der Waals surface area contributed by atoms with Crippen molar-refractivity contribution in [1.82, 2.24) is 19.5 Å². The third-order valence-electron chi connectivity index (χ3n) is 3.72. The number of nitrogen functional groups attached to an aromatic ring is 1. The molecule has 2 aromatic heterocycles. The first kappa shape index (κ1) is 16.4. The summed E-state index contributed by atoms with van der Waals surface area (Å²) in [4.78, 5) is 14.8. The molecule has 12 nitrogen and oxygen atoms in total. The average Bonchev–Trinajstić information content (AvgIpc) is 3.14. The van der Waals surface area contributed by atoms with E-state index in [1.807, 2.05) is 0 Å². The van der Waals surface area contributed by atoms with E-state index in [4.69, 9.17) is 20.7 Å². The summed E-state index contributed by atoms with van der Waals surface area (Å²) >= 11 is 0. The fourth-order valence-electron chi connectivity index (χ4n) is 2.60. The van der Waals surface area contributed by atoms with Gasteiger partial charge in [-0.05, 0) is 5.53 Å². The SMILES string of the molecule is [N-]=[N+]=NCCO[C@@H]1[C@H](O)[C@@H](CO)O[C@H]1n1cnc2c(N)ncnc21. The van der Waals surface area contributed by atoms with Crippen LogP contribution in [-0.4, -0.2) is 67.8 Å². The van der Waals surface area contributed by atoms with Gasteiger partial charge in [0.1, 0.15) is 30.2 Å². The standard InChI is InChI=1S/C12H16N8O4/c13-10-7-11(16-4-15-10)20(5-17-7)12-9(23-2-1-18-19-14)8(22)6(3-21)24-12/h4-6,8-9,12,21-22H,1-3H2,(H2,13,15,16)/t6-,8-,9-,12-/m1/s1. The van der Waals surface area contributed by atoms with E-state index in [9.17, 15) is 10.2 Å². The lowest BCUT2D eigenvalue weighted by Gasteiger charge is -2.21. The summed E-state index contributed by atoms with van der Waals surface area (Å²) < 4.78 is 12.8. The summed E-state index contributed by atoms with van der Waals surface area (Å²) in [5, 5.41) is 23.0. The number of azide groups is 1. The lowest BCUT2D eigenvalue weighted by Crippen LogP contribution is -2.36. The van der Waals surface area contributed by atoms with Gasteiger partial charge in [0.25, 0.3) is 0 Å². The van der Waals surface area contributed by atoms with Gasteiger partial charge in [-0.25, -0.2) is 15.0 Å². The summed E-state index contributed by atoms with van der Waals surface area (Å²) in [7, 11) is 0. The Bertz CT molecular complexity index is 761. The predicted octanol–water partition coefficient (Wildman–Crippen LogP) is -0.645. The van der Waals surface area contributed by atoms with Crippen LogP contribution in [-0.2, 0) is 9.47 Å². The fraction of sp³-hybridized carbons (Fsp3) is 0.583. The van der Waals surface area contributed by atoms with Crippen LogP contribution in [0.3, 0.4) is 0 Å². The van der Waals surface area contributed by atoms with Crippen LogP contribution in [0.1, 0.15) is 6.23 Å². The van der Waals surface area contributed by atoms with E-state index >= 15 is 0 Å². The first-order valence-corrected chi connectivity index (χ1v) is 7.17. The summed E-state index contributed by atoms with van der Waals surface area (Å²) in [6, 6.07) is 0. The molecule has 4 atom stereocenters. The minimum Gasteiger partial charge on any atom is -0.394 e. The van der Waals surface area contributed by atoms with Crippen molar-refractivity contribution in [3.8, 4) is 0 Å². The van der Waals surface area contributed by atoms with Crippen molar-refractivity contribution in [3.63, 3.8) is 0 Å². The van der Waals surface area contributed by atoms with Crippen molar-refractivity contribution in [3.05, 3.63) is 23.1 Å². The summed E-state index contributed by atoms with van der Waals surface area (Å²) in [6.45, 7) is -0.179. The lowest BCUT2D eigenvalue weighted by atomic mass is 10.1. The highest BCUT2D eigenvalue weighted by molar-refractivity contribution is 5.81. The summed E-state index contributed by atoms with van der Waals surface area (Å²) in [5.41, 5.74) is 14.9. The minimum absolute atomic E-state index is 0.0908. The maximum atomic E-state index is 10.3. The topological polar surface area (TPSA) is 177 Å². The second-order valence-electron chi connectivity index (χ2n) is 5.11. The number of hydrogen-bond donors (Lipinski definition) is 3. The predicted molar refractivity (Wildman–Crippen MR) is 80.5 cm³/mol. The number of anilines is 1. The van der Waals surface area contributed by atoms with Crippen molar-refractivity contribution in [2.75, 3.05) is 25.5 Å². The molecule has 3 heterocycles. The number of imidazole rings is 1. The average molecular weight is 336 g/mol. The van der Waals surface area contributed by atoms with E-state index in [1.54, 1.807) is 4.57 Å². The molecular weight excluding hydrogens is 320 g/mol. The fourth-order valence-corrected chi connectivity index (χ4v) is 2.60. The van der Waals surface area contributed by atoms with Crippen LogP contribution in [0, 0.1) is 0 Å². The molecule has 4 N–H and O–H groups in total. The Labute approximate surface area is 135 Å². The van der Waals surface area contributed by atoms with Gasteiger partial charge in [-0.3, -0.25) is 4.57 Å². The van der Waals surface area contributed by atoms with Gasteiger partial charge < -0.3 is 25.4 Å². The number of nitrogens with zero attached hydrogens (tertiary/aromatic N) is 7. The highest BCUT2D eigenvalue weighted by atomic mass is 16.6. The van der Waals surface area contributed by atoms with Crippen molar-refractivity contribution in [2.24, 2.45) is 5.11 Å². The molecule has 1 aliphatic heterocycles. The van der Waals surface area contributed by atoms with Crippen LogP contribution in [0.15, 0.2) is 17.8 Å². The molecule has 0 aliphatic carbocycles. The number of aliphatic hydroxyl groups excluding tert-OH is 2. The van der Waals surface area contributed by atoms with E-state index in [0.717, 1.165) is 0 Å². The van der Waals surface area contributed by atoms with Crippen LogP contribution in [0.4, 0.5) is 5.82 Å². The van der Waals surface area contributed by atoms with Gasteiger partial charge in [-0.15, -0.1) is 0 Å². The minimum atomic E-state index is -1.07. The van der Waals surface area contributed by atoms with E-state index in [1.165, 1.54) is 12.7 Å². The normalized spacial score (nSPS) is 26.6. The van der Waals surface area contributed by atoms with Crippen LogP contribution >= 0.6 is 0 Å². The maximum Gasteiger partial charge on any atom is 0.167 e. The lowest BCUT2D eigenvalue weighted by molar-refractivity contribution is -0.0687. The molecule has 0 unspecified atom stereocenters. The van der Waals surface area contributed by atoms with E-state index in [-0.39, 0.29) is 25.6 Å². The molecule has 1 saturated heterocycles. The molecular formula is C12H16N8O4. The summed E-state index contributed by atoms with van der Waals surface area (Å²) in [5.74, 6) is 0.219. The molecule has 1 aliphatic rings. The highest BCUT2D eigenvalue weighted by Crippen LogP contribution is 2.33. The quantitative estimate of drug-likeness (QED) is 0.269. The maximum absolute atomic E-state index is 10.3. The number of rotatable bonds is 6. The van der Waals surface area contributed by atoms with E-state index in [0.29, 0.717) is 11.2 Å². The van der Waals surface area contributed by atoms with Crippen molar-refractivity contribution >= 4 is 17.0 Å². The second kappa shape index (κ2) is 6.95. The van der Waals surface area contributed by atoms with Crippen LogP contribution < -0.4 is 5.73 Å². The van der Waals surface area contributed by atoms with Crippen LogP contribution in [0.5, 0.6) is 0 Å².